The number of thiophene rings is 1. The topological polar surface area (TPSA) is 55.3 Å². The summed E-state index contributed by atoms with van der Waals surface area (Å²) < 4.78 is 6.22. The number of rotatable bonds is 1. The molecule has 0 bridgehead atoms. The van der Waals surface area contributed by atoms with Gasteiger partial charge in [-0.05, 0) is 17.9 Å². The van der Waals surface area contributed by atoms with Gasteiger partial charge in [-0.15, -0.1) is 11.3 Å². The summed E-state index contributed by atoms with van der Waals surface area (Å²) in [4.78, 5) is 22.6. The zero-order valence-corrected chi connectivity index (χ0v) is 11.3. The molecular formula is C13H13N3O2S. The number of hydrogen-bond acceptors (Lipinski definition) is 6. The Morgan fingerprint density at radius 2 is 2.32 bits per heavy atom. The van der Waals surface area contributed by atoms with Gasteiger partial charge in [0, 0.05) is 19.0 Å². The molecule has 4 heterocycles. The monoisotopic (exact) mass is 275 g/mol. The number of esters is 1. The molecule has 2 aromatic heterocycles. The minimum Gasteiger partial charge on any atom is -0.465 e. The lowest BCUT2D eigenvalue weighted by Crippen LogP contribution is -2.24. The van der Waals surface area contributed by atoms with Crippen LogP contribution in [0.25, 0.3) is 10.2 Å². The second-order valence-electron chi connectivity index (χ2n) is 5.20. The van der Waals surface area contributed by atoms with Gasteiger partial charge in [0.1, 0.15) is 12.1 Å². The molecule has 2 aromatic rings. The first-order valence-corrected chi connectivity index (χ1v) is 7.22. The van der Waals surface area contributed by atoms with Crippen LogP contribution in [0.4, 0.5) is 5.82 Å². The van der Waals surface area contributed by atoms with Crippen molar-refractivity contribution in [1.82, 2.24) is 9.97 Å². The molecule has 0 aliphatic carbocycles. The van der Waals surface area contributed by atoms with Crippen LogP contribution in [0.15, 0.2) is 11.7 Å². The maximum Gasteiger partial charge on any atom is 0.311 e. The Labute approximate surface area is 114 Å². The molecule has 2 fully saturated rings. The highest BCUT2D eigenvalue weighted by Gasteiger charge is 2.44. The number of nitrogens with zero attached hydrogens (tertiary/aromatic N) is 3. The van der Waals surface area contributed by atoms with Gasteiger partial charge in [0.2, 0.25) is 0 Å². The highest BCUT2D eigenvalue weighted by Crippen LogP contribution is 2.37. The molecule has 4 rings (SSSR count). The van der Waals surface area contributed by atoms with Gasteiger partial charge < -0.3 is 9.64 Å². The maximum absolute atomic E-state index is 11.6. The minimum absolute atomic E-state index is 0.0195. The smallest absolute Gasteiger partial charge is 0.311 e. The molecule has 2 saturated heterocycles. The number of anilines is 1. The van der Waals surface area contributed by atoms with E-state index in [0.717, 1.165) is 22.6 Å². The molecule has 0 spiro atoms. The molecule has 0 N–H and O–H groups in total. The van der Waals surface area contributed by atoms with Crippen molar-refractivity contribution in [3.8, 4) is 0 Å². The van der Waals surface area contributed by atoms with Crippen molar-refractivity contribution < 1.29 is 9.53 Å². The van der Waals surface area contributed by atoms with Crippen LogP contribution in [0.1, 0.15) is 5.56 Å². The lowest BCUT2D eigenvalue weighted by Gasteiger charge is -2.18. The third kappa shape index (κ3) is 1.56. The number of fused-ring (bicyclic) bond motifs is 2. The van der Waals surface area contributed by atoms with Crippen LogP contribution in [-0.4, -0.2) is 35.6 Å². The normalized spacial score (nSPS) is 25.9. The number of carbonyl (C=O) groups is 1. The molecule has 0 saturated carbocycles. The molecule has 6 heteroatoms. The first-order chi connectivity index (χ1) is 9.24. The average molecular weight is 275 g/mol. The average Bonchev–Trinajstić information content (AvgIpc) is 3.07. The first-order valence-electron chi connectivity index (χ1n) is 6.34. The zero-order chi connectivity index (χ0) is 13.0. The summed E-state index contributed by atoms with van der Waals surface area (Å²) in [5, 5.41) is 2.11. The minimum atomic E-state index is -0.0554. The van der Waals surface area contributed by atoms with Crippen molar-refractivity contribution in [2.75, 3.05) is 24.6 Å². The number of ether oxygens (including phenoxy) is 1. The quantitative estimate of drug-likeness (QED) is 0.740. The van der Waals surface area contributed by atoms with Crippen molar-refractivity contribution in [3.63, 3.8) is 0 Å². The van der Waals surface area contributed by atoms with E-state index in [4.69, 9.17) is 4.74 Å². The molecule has 5 nitrogen and oxygen atoms in total. The van der Waals surface area contributed by atoms with Crippen LogP contribution >= 0.6 is 11.3 Å². The summed E-state index contributed by atoms with van der Waals surface area (Å²) in [5.74, 6) is 1.25. The van der Waals surface area contributed by atoms with Gasteiger partial charge >= 0.3 is 5.97 Å². The van der Waals surface area contributed by atoms with Crippen LogP contribution in [0, 0.1) is 18.8 Å². The SMILES string of the molecule is Cc1csc2c(N3C[C@@H]4COC(=O)[C@@H]4C3)ncnc12. The van der Waals surface area contributed by atoms with E-state index in [2.05, 4.69) is 27.2 Å². The molecule has 0 radical (unpaired) electrons. The largest absolute Gasteiger partial charge is 0.465 e. The van der Waals surface area contributed by atoms with Crippen LogP contribution in [0.2, 0.25) is 0 Å². The Balaban J connectivity index is 1.74. The Morgan fingerprint density at radius 1 is 1.42 bits per heavy atom. The second-order valence-corrected chi connectivity index (χ2v) is 6.07. The molecule has 2 aliphatic heterocycles. The fraction of sp³-hybridized carbons (Fsp3) is 0.462. The van der Waals surface area contributed by atoms with Crippen LogP contribution in [0.5, 0.6) is 0 Å². The zero-order valence-electron chi connectivity index (χ0n) is 10.5. The third-order valence-electron chi connectivity index (χ3n) is 4.00. The van der Waals surface area contributed by atoms with Gasteiger partial charge in [0.05, 0.1) is 22.7 Å². The summed E-state index contributed by atoms with van der Waals surface area (Å²) >= 11 is 1.67. The lowest BCUT2D eigenvalue weighted by atomic mass is 10.0. The number of aryl methyl sites for hydroxylation is 1. The number of cyclic esters (lactones) is 1. The van der Waals surface area contributed by atoms with E-state index in [1.54, 1.807) is 17.7 Å². The van der Waals surface area contributed by atoms with Gasteiger partial charge in [-0.1, -0.05) is 0 Å². The molecule has 0 amide bonds. The Hall–Kier alpha value is -1.69. The molecule has 2 atom stereocenters. The summed E-state index contributed by atoms with van der Waals surface area (Å²) in [6.07, 6.45) is 1.61. The van der Waals surface area contributed by atoms with E-state index < -0.39 is 0 Å². The molecule has 98 valence electrons. The number of aromatic nitrogens is 2. The summed E-state index contributed by atoms with van der Waals surface area (Å²) in [7, 11) is 0. The highest BCUT2D eigenvalue weighted by atomic mass is 32.1. The van der Waals surface area contributed by atoms with Gasteiger partial charge in [-0.25, -0.2) is 9.97 Å². The summed E-state index contributed by atoms with van der Waals surface area (Å²) in [6.45, 7) is 4.18. The number of hydrogen-bond donors (Lipinski definition) is 0. The predicted molar refractivity (Wildman–Crippen MR) is 72.3 cm³/mol. The summed E-state index contributed by atoms with van der Waals surface area (Å²) in [5.41, 5.74) is 2.21. The van der Waals surface area contributed by atoms with Gasteiger partial charge in [0.25, 0.3) is 0 Å². The van der Waals surface area contributed by atoms with Crippen molar-refractivity contribution in [2.24, 2.45) is 11.8 Å². The lowest BCUT2D eigenvalue weighted by molar-refractivity contribution is -0.140. The fourth-order valence-corrected chi connectivity index (χ4v) is 3.98. The van der Waals surface area contributed by atoms with Crippen molar-refractivity contribution in [1.29, 1.82) is 0 Å². The summed E-state index contributed by atoms with van der Waals surface area (Å²) in [6, 6.07) is 0. The first kappa shape index (κ1) is 11.2. The fourth-order valence-electron chi connectivity index (χ4n) is 2.96. The van der Waals surface area contributed by atoms with Crippen molar-refractivity contribution in [2.45, 2.75) is 6.92 Å². The molecular weight excluding hydrogens is 262 g/mol. The van der Waals surface area contributed by atoms with Gasteiger partial charge in [-0.2, -0.15) is 0 Å². The highest BCUT2D eigenvalue weighted by molar-refractivity contribution is 7.18. The Kier molecular flexibility index (Phi) is 2.29. The van der Waals surface area contributed by atoms with E-state index in [1.165, 1.54) is 5.56 Å². The van der Waals surface area contributed by atoms with Crippen molar-refractivity contribution in [3.05, 3.63) is 17.3 Å². The van der Waals surface area contributed by atoms with Crippen LogP contribution in [0.3, 0.4) is 0 Å². The predicted octanol–water partition coefficient (Wildman–Crippen LogP) is 1.61. The Bertz CT molecular complexity index is 669. The maximum atomic E-state index is 11.6. The van der Waals surface area contributed by atoms with Gasteiger partial charge in [0.15, 0.2) is 0 Å². The molecule has 19 heavy (non-hydrogen) atoms. The molecule has 2 aliphatic rings. The number of carbonyl (C=O) groups excluding carboxylic acids is 1. The Morgan fingerprint density at radius 3 is 3.16 bits per heavy atom. The van der Waals surface area contributed by atoms with E-state index in [-0.39, 0.29) is 11.9 Å². The van der Waals surface area contributed by atoms with Gasteiger partial charge in [-0.3, -0.25) is 4.79 Å². The van der Waals surface area contributed by atoms with E-state index in [9.17, 15) is 4.79 Å². The molecule has 0 aromatic carbocycles. The standard InChI is InChI=1S/C13H13N3O2S/c1-7-5-19-11-10(7)14-6-15-12(11)16-2-8-4-18-13(17)9(8)3-16/h5-6,8-9H,2-4H2,1H3/t8-,9-/m1/s1. The van der Waals surface area contributed by atoms with E-state index >= 15 is 0 Å². The van der Waals surface area contributed by atoms with Crippen LogP contribution in [-0.2, 0) is 9.53 Å². The van der Waals surface area contributed by atoms with Crippen molar-refractivity contribution >= 4 is 33.3 Å². The third-order valence-corrected chi connectivity index (χ3v) is 5.08. The van der Waals surface area contributed by atoms with E-state index in [0.29, 0.717) is 19.1 Å². The second kappa shape index (κ2) is 3.90. The molecule has 0 unspecified atom stereocenters. The van der Waals surface area contributed by atoms with Crippen LogP contribution < -0.4 is 4.90 Å². The van der Waals surface area contributed by atoms with E-state index in [1.807, 2.05) is 0 Å².